The van der Waals surface area contributed by atoms with Crippen molar-refractivity contribution in [1.29, 1.82) is 5.26 Å². The minimum absolute atomic E-state index is 0.0409. The van der Waals surface area contributed by atoms with Gasteiger partial charge in [0.1, 0.15) is 17.3 Å². The first-order valence-electron chi connectivity index (χ1n) is 13.2. The Morgan fingerprint density at radius 3 is 2.63 bits per heavy atom. The Bertz CT molecular complexity index is 1530. The van der Waals surface area contributed by atoms with Crippen molar-refractivity contribution in [3.05, 3.63) is 71.9 Å². The fraction of sp³-hybridized carbons (Fsp3) is 0.323. The van der Waals surface area contributed by atoms with E-state index in [0.717, 1.165) is 59.9 Å². The van der Waals surface area contributed by atoms with Gasteiger partial charge in [0.2, 0.25) is 0 Å². The van der Waals surface area contributed by atoms with Gasteiger partial charge in [-0.2, -0.15) is 5.26 Å². The lowest BCUT2D eigenvalue weighted by molar-refractivity contribution is 0.0827. The minimum Gasteiger partial charge on any atom is -0.454 e. The zero-order valence-electron chi connectivity index (χ0n) is 21.8. The number of carbonyl (C=O) groups is 1. The Kier molecular flexibility index (Phi) is 6.34. The minimum atomic E-state index is -0.0409. The average Bonchev–Trinajstić information content (AvgIpc) is 3.48. The predicted molar refractivity (Wildman–Crippen MR) is 149 cm³/mol. The van der Waals surface area contributed by atoms with E-state index in [1.165, 1.54) is 12.8 Å². The van der Waals surface area contributed by atoms with Crippen LogP contribution in [0, 0.1) is 17.2 Å². The molecule has 3 heterocycles. The smallest absolute Gasteiger partial charge is 0.253 e. The number of nitrogens with one attached hydrogen (secondary N) is 1. The van der Waals surface area contributed by atoms with E-state index in [0.29, 0.717) is 28.5 Å². The van der Waals surface area contributed by atoms with E-state index in [2.05, 4.69) is 33.4 Å². The monoisotopic (exact) mass is 505 g/mol. The molecule has 6 rings (SSSR count). The third-order valence-electron chi connectivity index (χ3n) is 7.58. The van der Waals surface area contributed by atoms with E-state index in [-0.39, 0.29) is 5.91 Å². The van der Waals surface area contributed by atoms with E-state index < -0.39 is 0 Å². The van der Waals surface area contributed by atoms with Crippen LogP contribution in [0.2, 0.25) is 0 Å². The van der Waals surface area contributed by atoms with Crippen LogP contribution in [0.5, 0.6) is 0 Å². The highest BCUT2D eigenvalue weighted by Gasteiger charge is 2.27. The van der Waals surface area contributed by atoms with Crippen molar-refractivity contribution in [2.45, 2.75) is 25.3 Å². The van der Waals surface area contributed by atoms with Gasteiger partial charge in [-0.25, -0.2) is 0 Å². The second kappa shape index (κ2) is 9.96. The average molecular weight is 506 g/mol. The van der Waals surface area contributed by atoms with Crippen LogP contribution in [-0.2, 0) is 0 Å². The van der Waals surface area contributed by atoms with Gasteiger partial charge in [-0.3, -0.25) is 9.78 Å². The molecule has 1 aliphatic heterocycles. The zero-order valence-corrected chi connectivity index (χ0v) is 21.8. The van der Waals surface area contributed by atoms with Gasteiger partial charge in [-0.05, 0) is 67.6 Å². The summed E-state index contributed by atoms with van der Waals surface area (Å²) in [5, 5.41) is 13.7. The maximum atomic E-state index is 12.2. The predicted octanol–water partition coefficient (Wildman–Crippen LogP) is 5.31. The van der Waals surface area contributed by atoms with Crippen molar-refractivity contribution in [2.24, 2.45) is 5.92 Å². The molecule has 2 aromatic carbocycles. The van der Waals surface area contributed by atoms with Crippen LogP contribution in [0.3, 0.4) is 0 Å². The number of fused-ring (bicyclic) bond motifs is 1. The van der Waals surface area contributed by atoms with Crippen molar-refractivity contribution in [3.8, 4) is 28.5 Å². The van der Waals surface area contributed by atoms with Crippen molar-refractivity contribution >= 4 is 22.7 Å². The molecule has 2 aliphatic rings. The molecule has 1 saturated heterocycles. The van der Waals surface area contributed by atoms with Crippen molar-refractivity contribution < 1.29 is 9.21 Å². The third kappa shape index (κ3) is 4.75. The number of benzene rings is 2. The van der Waals surface area contributed by atoms with Gasteiger partial charge in [-0.15, -0.1) is 0 Å². The topological polar surface area (TPSA) is 85.4 Å². The SMILES string of the molecule is CN(C)C(=O)c1ccc(-c2cc3nccc(-c4ccc(N5CCC(NCC6CC6)C5)c(C#N)c4)c3o2)cc1. The molecule has 1 saturated carbocycles. The van der Waals surface area contributed by atoms with Crippen LogP contribution in [0.25, 0.3) is 33.6 Å². The molecule has 4 aromatic rings. The molecule has 0 bridgehead atoms. The lowest BCUT2D eigenvalue weighted by Crippen LogP contribution is -2.34. The van der Waals surface area contributed by atoms with Gasteiger partial charge in [-0.1, -0.05) is 18.2 Å². The number of rotatable bonds is 7. The number of anilines is 1. The van der Waals surface area contributed by atoms with Gasteiger partial charge in [0.05, 0.1) is 11.3 Å². The van der Waals surface area contributed by atoms with Crippen LogP contribution in [-0.4, -0.2) is 55.6 Å². The summed E-state index contributed by atoms with van der Waals surface area (Å²) in [6.45, 7) is 3.00. The molecule has 192 valence electrons. The van der Waals surface area contributed by atoms with Gasteiger partial charge < -0.3 is 19.5 Å². The summed E-state index contributed by atoms with van der Waals surface area (Å²) in [7, 11) is 3.48. The van der Waals surface area contributed by atoms with Crippen molar-refractivity contribution in [1.82, 2.24) is 15.2 Å². The first kappa shape index (κ1) is 24.2. The Morgan fingerprint density at radius 2 is 1.89 bits per heavy atom. The van der Waals surface area contributed by atoms with Crippen LogP contribution >= 0.6 is 0 Å². The summed E-state index contributed by atoms with van der Waals surface area (Å²) in [4.78, 5) is 20.6. The molecule has 7 nitrogen and oxygen atoms in total. The van der Waals surface area contributed by atoms with Gasteiger partial charge in [0.15, 0.2) is 5.58 Å². The summed E-state index contributed by atoms with van der Waals surface area (Å²) in [6, 6.07) is 20.2. The van der Waals surface area contributed by atoms with Crippen molar-refractivity contribution in [2.75, 3.05) is 38.6 Å². The molecule has 7 heteroatoms. The molecule has 1 amide bonds. The van der Waals surface area contributed by atoms with E-state index in [1.54, 1.807) is 25.2 Å². The second-order valence-electron chi connectivity index (χ2n) is 10.6. The highest BCUT2D eigenvalue weighted by Crippen LogP contribution is 2.36. The first-order chi connectivity index (χ1) is 18.5. The summed E-state index contributed by atoms with van der Waals surface area (Å²) in [5.74, 6) is 1.51. The Hall–Kier alpha value is -4.15. The van der Waals surface area contributed by atoms with Crippen molar-refractivity contribution in [3.63, 3.8) is 0 Å². The second-order valence-corrected chi connectivity index (χ2v) is 10.6. The standard InChI is InChI=1S/C31H31N5O2/c1-35(2)31(37)22-7-5-21(6-8-22)29-16-27-30(38-29)26(11-13-33-27)23-9-10-28(24(15-23)17-32)36-14-12-25(19-36)34-18-20-3-4-20/h5-11,13,15-16,20,25,34H,3-4,12,14,18-19H2,1-2H3. The highest BCUT2D eigenvalue weighted by molar-refractivity contribution is 5.95. The third-order valence-corrected chi connectivity index (χ3v) is 7.58. The molecule has 38 heavy (non-hydrogen) atoms. The molecule has 1 aliphatic carbocycles. The first-order valence-corrected chi connectivity index (χ1v) is 13.2. The quantitative estimate of drug-likeness (QED) is 0.366. The van der Waals surface area contributed by atoms with Gasteiger partial charge in [0, 0.05) is 62.2 Å². The number of hydrogen-bond acceptors (Lipinski definition) is 6. The van der Waals surface area contributed by atoms with Crippen LogP contribution in [0.15, 0.2) is 65.2 Å². The molecular formula is C31H31N5O2. The molecule has 1 atom stereocenters. The van der Waals surface area contributed by atoms with Gasteiger partial charge in [0.25, 0.3) is 5.91 Å². The number of nitriles is 1. The molecule has 2 fully saturated rings. The number of aromatic nitrogens is 1. The number of furan rings is 1. The van der Waals surface area contributed by atoms with E-state index in [4.69, 9.17) is 4.42 Å². The number of carbonyl (C=O) groups excluding carboxylic acids is 1. The summed E-state index contributed by atoms with van der Waals surface area (Å²) in [6.07, 6.45) is 5.58. The van der Waals surface area contributed by atoms with Crippen LogP contribution in [0.4, 0.5) is 5.69 Å². The maximum absolute atomic E-state index is 12.2. The number of nitrogens with zero attached hydrogens (tertiary/aromatic N) is 4. The molecule has 0 radical (unpaired) electrons. The van der Waals surface area contributed by atoms with Crippen LogP contribution < -0.4 is 10.2 Å². The lowest BCUT2D eigenvalue weighted by Gasteiger charge is -2.21. The summed E-state index contributed by atoms with van der Waals surface area (Å²) < 4.78 is 6.30. The molecule has 1 N–H and O–H groups in total. The van der Waals surface area contributed by atoms with Crippen LogP contribution in [0.1, 0.15) is 35.2 Å². The highest BCUT2D eigenvalue weighted by atomic mass is 16.3. The normalized spacial score (nSPS) is 17.1. The van der Waals surface area contributed by atoms with E-state index >= 15 is 0 Å². The molecular weight excluding hydrogens is 474 g/mol. The molecule has 1 unspecified atom stereocenters. The fourth-order valence-corrected chi connectivity index (χ4v) is 5.21. The Morgan fingerprint density at radius 1 is 1.11 bits per heavy atom. The number of hydrogen-bond donors (Lipinski definition) is 1. The van der Waals surface area contributed by atoms with Gasteiger partial charge >= 0.3 is 0 Å². The Balaban J connectivity index is 1.26. The maximum Gasteiger partial charge on any atom is 0.253 e. The molecule has 0 spiro atoms. The zero-order chi connectivity index (χ0) is 26.2. The molecule has 2 aromatic heterocycles. The van der Waals surface area contributed by atoms with E-state index in [1.807, 2.05) is 42.5 Å². The number of amides is 1. The summed E-state index contributed by atoms with van der Waals surface area (Å²) in [5.41, 5.74) is 6.41. The largest absolute Gasteiger partial charge is 0.454 e. The number of pyridine rings is 1. The van der Waals surface area contributed by atoms with E-state index in [9.17, 15) is 10.1 Å². The lowest BCUT2D eigenvalue weighted by atomic mass is 10.0. The fourth-order valence-electron chi connectivity index (χ4n) is 5.21. The summed E-state index contributed by atoms with van der Waals surface area (Å²) >= 11 is 0. The Labute approximate surface area is 222 Å².